The molecule has 0 saturated carbocycles. The largest absolute Gasteiger partial charge is 0.436 e. The molecule has 1 fully saturated rings. The van der Waals surface area contributed by atoms with Crippen molar-refractivity contribution in [3.8, 4) is 0 Å². The molecular formula is C29H33ClF2N4O6. The lowest BCUT2D eigenvalue weighted by molar-refractivity contribution is -0.140. The highest BCUT2D eigenvalue weighted by molar-refractivity contribution is 6.38. The average Bonchev–Trinajstić information content (AvgIpc) is 3.35. The number of nitrogens with two attached hydrogens (primary N) is 2. The molecule has 1 saturated heterocycles. The van der Waals surface area contributed by atoms with Crippen LogP contribution < -0.4 is 22.1 Å². The van der Waals surface area contributed by atoms with Gasteiger partial charge in [0.25, 0.3) is 17.7 Å². The highest BCUT2D eigenvalue weighted by Gasteiger charge is 2.42. The molecule has 0 aromatic heterocycles. The number of hydrogen-bond acceptors (Lipinski definition) is 6. The maximum absolute atomic E-state index is 15.7. The number of ketones is 1. The zero-order valence-electron chi connectivity index (χ0n) is 22.7. The van der Waals surface area contributed by atoms with Gasteiger partial charge in [-0.2, -0.15) is 0 Å². The predicted octanol–water partition coefficient (Wildman–Crippen LogP) is 3.31. The van der Waals surface area contributed by atoms with Gasteiger partial charge in [-0.1, -0.05) is 60.5 Å². The minimum absolute atomic E-state index is 0.00795. The number of carbonyl (C=O) groups is 5. The number of benzene rings is 2. The number of hydrogen-bond donors (Lipinski definition) is 4. The number of nitrogens with one attached hydrogen (secondary N) is 2. The second-order valence-corrected chi connectivity index (χ2v) is 10.5. The Morgan fingerprint density at radius 3 is 2.33 bits per heavy atom. The van der Waals surface area contributed by atoms with Crippen molar-refractivity contribution in [3.05, 3.63) is 70.7 Å². The third-order valence-electron chi connectivity index (χ3n) is 7.17. The van der Waals surface area contributed by atoms with Crippen molar-refractivity contribution >= 4 is 41.2 Å². The highest BCUT2D eigenvalue weighted by atomic mass is 35.5. The third kappa shape index (κ3) is 8.72. The Morgan fingerprint density at radius 2 is 1.74 bits per heavy atom. The standard InChI is InChI=1S/C29H33ClF2N4O6/c30-20-10-6-9-19(16-20)29(31,32)21(17-7-2-1-3-8-17)11-4-5-12-23(42-28(34)41)27(40)36-22(24(37)25(33)38)15-18-13-14-35-26(18)39/h1-3,6-10,16,18,21-23H,4-5,11-15H2,(H2,33,38)(H2,34,41)(H,35,39)(H,36,40)/t18-,21-,22-,23-/m0/s1. The molecule has 42 heavy (non-hydrogen) atoms. The lowest BCUT2D eigenvalue weighted by Gasteiger charge is -2.28. The van der Waals surface area contributed by atoms with Gasteiger partial charge >= 0.3 is 6.09 Å². The minimum atomic E-state index is -3.28. The molecule has 0 aliphatic carbocycles. The van der Waals surface area contributed by atoms with Crippen LogP contribution in [0.15, 0.2) is 54.6 Å². The lowest BCUT2D eigenvalue weighted by Crippen LogP contribution is -2.51. The van der Waals surface area contributed by atoms with Crippen molar-refractivity contribution < 1.29 is 37.5 Å². The Kier molecular flexibility index (Phi) is 11.4. The van der Waals surface area contributed by atoms with Gasteiger partial charge in [-0.05, 0) is 49.8 Å². The number of Topliss-reactive ketones (excluding diaryl/α,β-unsaturated/α-hetero) is 1. The second kappa shape index (κ2) is 14.7. The summed E-state index contributed by atoms with van der Waals surface area (Å²) in [6, 6.07) is 12.3. The molecule has 3 rings (SSSR count). The molecule has 4 atom stereocenters. The van der Waals surface area contributed by atoms with Crippen molar-refractivity contribution in [1.29, 1.82) is 0 Å². The minimum Gasteiger partial charge on any atom is -0.436 e. The molecule has 2 aromatic carbocycles. The van der Waals surface area contributed by atoms with E-state index in [0.29, 0.717) is 18.5 Å². The molecule has 226 valence electrons. The first kappa shape index (κ1) is 32.5. The van der Waals surface area contributed by atoms with E-state index in [1.807, 2.05) is 0 Å². The summed E-state index contributed by atoms with van der Waals surface area (Å²) >= 11 is 5.97. The topological polar surface area (TPSA) is 171 Å². The molecule has 0 spiro atoms. The molecule has 4 amide bonds. The number of rotatable bonds is 15. The molecule has 13 heteroatoms. The fourth-order valence-electron chi connectivity index (χ4n) is 5.02. The van der Waals surface area contributed by atoms with Gasteiger partial charge in [0.05, 0.1) is 12.0 Å². The van der Waals surface area contributed by atoms with Crippen LogP contribution in [0.5, 0.6) is 0 Å². The number of primary amides is 2. The van der Waals surface area contributed by atoms with Gasteiger partial charge in [0.1, 0.15) is 0 Å². The molecule has 10 nitrogen and oxygen atoms in total. The number of amides is 4. The van der Waals surface area contributed by atoms with Crippen molar-refractivity contribution in [2.75, 3.05) is 6.54 Å². The highest BCUT2D eigenvalue weighted by Crippen LogP contribution is 2.45. The number of halogens is 3. The number of unbranched alkanes of at least 4 members (excludes halogenated alkanes) is 1. The summed E-state index contributed by atoms with van der Waals surface area (Å²) < 4.78 is 36.4. The van der Waals surface area contributed by atoms with E-state index in [1.54, 1.807) is 30.3 Å². The number of carbonyl (C=O) groups excluding carboxylic acids is 5. The van der Waals surface area contributed by atoms with Crippen LogP contribution in [0.4, 0.5) is 13.6 Å². The fourth-order valence-corrected chi connectivity index (χ4v) is 5.21. The summed E-state index contributed by atoms with van der Waals surface area (Å²) in [6.45, 7) is 0.378. The van der Waals surface area contributed by atoms with Crippen LogP contribution >= 0.6 is 11.6 Å². The molecule has 0 unspecified atom stereocenters. The van der Waals surface area contributed by atoms with E-state index in [-0.39, 0.29) is 48.6 Å². The Balaban J connectivity index is 1.70. The Morgan fingerprint density at radius 1 is 1.05 bits per heavy atom. The van der Waals surface area contributed by atoms with Gasteiger partial charge in [0.2, 0.25) is 11.7 Å². The summed E-state index contributed by atoms with van der Waals surface area (Å²) in [6.07, 6.45) is -2.27. The van der Waals surface area contributed by atoms with Crippen molar-refractivity contribution in [1.82, 2.24) is 10.6 Å². The van der Waals surface area contributed by atoms with Crippen LogP contribution in [0.25, 0.3) is 0 Å². The summed E-state index contributed by atoms with van der Waals surface area (Å²) in [5, 5.41) is 5.12. The van der Waals surface area contributed by atoms with E-state index in [2.05, 4.69) is 10.6 Å². The van der Waals surface area contributed by atoms with Crippen molar-refractivity contribution in [2.45, 2.75) is 62.5 Å². The van der Waals surface area contributed by atoms with Crippen LogP contribution in [0.2, 0.25) is 5.02 Å². The quantitative estimate of drug-likeness (QED) is 0.179. The summed E-state index contributed by atoms with van der Waals surface area (Å²) in [4.78, 5) is 60.5. The molecule has 1 heterocycles. The maximum atomic E-state index is 15.7. The van der Waals surface area contributed by atoms with E-state index in [0.717, 1.165) is 0 Å². The van der Waals surface area contributed by atoms with Gasteiger partial charge in [0.15, 0.2) is 6.10 Å². The second-order valence-electron chi connectivity index (χ2n) is 10.1. The van der Waals surface area contributed by atoms with E-state index in [9.17, 15) is 24.0 Å². The molecular weight excluding hydrogens is 574 g/mol. The van der Waals surface area contributed by atoms with E-state index in [1.165, 1.54) is 24.3 Å². The molecule has 2 aromatic rings. The smallest absolute Gasteiger partial charge is 0.405 e. The fraction of sp³-hybridized carbons (Fsp3) is 0.414. The van der Waals surface area contributed by atoms with Crippen LogP contribution in [-0.4, -0.2) is 48.3 Å². The summed E-state index contributed by atoms with van der Waals surface area (Å²) in [5.74, 6) is -8.83. The first-order valence-corrected chi connectivity index (χ1v) is 13.8. The van der Waals surface area contributed by atoms with Gasteiger partial charge < -0.3 is 26.8 Å². The van der Waals surface area contributed by atoms with Crippen LogP contribution in [0.1, 0.15) is 55.6 Å². The monoisotopic (exact) mass is 606 g/mol. The third-order valence-corrected chi connectivity index (χ3v) is 7.40. The maximum Gasteiger partial charge on any atom is 0.405 e. The number of ether oxygens (including phenoxy) is 1. The average molecular weight is 607 g/mol. The Labute approximate surface area is 246 Å². The Hall–Kier alpha value is -4.06. The molecule has 1 aliphatic rings. The van der Waals surface area contributed by atoms with E-state index in [4.69, 9.17) is 27.8 Å². The molecule has 0 radical (unpaired) electrons. The SMILES string of the molecule is NC(=O)O[C@@H](CCCC[C@@H](c1ccccc1)C(F)(F)c1cccc(Cl)c1)C(=O)N[C@@H](C[C@@H]1CCNC1=O)C(=O)C(N)=O. The summed E-state index contributed by atoms with van der Waals surface area (Å²) in [7, 11) is 0. The Bertz CT molecular complexity index is 1300. The van der Waals surface area contributed by atoms with Crippen molar-refractivity contribution in [2.24, 2.45) is 17.4 Å². The van der Waals surface area contributed by atoms with Gasteiger partial charge in [0, 0.05) is 23.0 Å². The first-order valence-electron chi connectivity index (χ1n) is 13.5. The first-order chi connectivity index (χ1) is 19.9. The van der Waals surface area contributed by atoms with Gasteiger partial charge in [-0.25, -0.2) is 13.6 Å². The number of alkyl halides is 2. The van der Waals surface area contributed by atoms with Crippen LogP contribution in [0.3, 0.4) is 0 Å². The zero-order chi connectivity index (χ0) is 30.9. The molecule has 6 N–H and O–H groups in total. The lowest BCUT2D eigenvalue weighted by atomic mass is 9.84. The molecule has 1 aliphatic heterocycles. The van der Waals surface area contributed by atoms with E-state index < -0.39 is 53.6 Å². The van der Waals surface area contributed by atoms with Gasteiger partial charge in [-0.3, -0.25) is 19.2 Å². The normalized spacial score (nSPS) is 17.0. The van der Waals surface area contributed by atoms with E-state index >= 15 is 8.78 Å². The van der Waals surface area contributed by atoms with Crippen LogP contribution in [-0.2, 0) is 29.8 Å². The van der Waals surface area contributed by atoms with Crippen molar-refractivity contribution in [3.63, 3.8) is 0 Å². The molecule has 0 bridgehead atoms. The predicted molar refractivity (Wildman–Crippen MR) is 149 cm³/mol. The van der Waals surface area contributed by atoms with Crippen LogP contribution in [0, 0.1) is 5.92 Å². The zero-order valence-corrected chi connectivity index (χ0v) is 23.4. The van der Waals surface area contributed by atoms with Gasteiger partial charge in [-0.15, -0.1) is 0 Å². The summed E-state index contributed by atoms with van der Waals surface area (Å²) in [5.41, 5.74) is 10.4.